The van der Waals surface area contributed by atoms with Gasteiger partial charge in [0.05, 0.1) is 5.39 Å². The molecule has 28 heavy (non-hydrogen) atoms. The molecular formula is C23H16Cl2O3. The lowest BCUT2D eigenvalue weighted by molar-refractivity contribution is 0.298. The van der Waals surface area contributed by atoms with Gasteiger partial charge in [-0.15, -0.1) is 0 Å². The summed E-state index contributed by atoms with van der Waals surface area (Å²) in [4.78, 5) is 13.2. The third-order valence-electron chi connectivity index (χ3n) is 4.41. The fourth-order valence-electron chi connectivity index (χ4n) is 2.95. The highest BCUT2D eigenvalue weighted by Crippen LogP contribution is 2.32. The molecule has 140 valence electrons. The van der Waals surface area contributed by atoms with Crippen LogP contribution in [0.25, 0.3) is 22.3 Å². The molecule has 0 fully saturated rings. The van der Waals surface area contributed by atoms with Gasteiger partial charge < -0.3 is 9.15 Å². The largest absolute Gasteiger partial charge is 0.481 e. The Morgan fingerprint density at radius 2 is 1.54 bits per heavy atom. The molecule has 3 aromatic carbocycles. The lowest BCUT2D eigenvalue weighted by Gasteiger charge is -2.12. The van der Waals surface area contributed by atoms with E-state index in [4.69, 9.17) is 32.4 Å². The zero-order valence-electron chi connectivity index (χ0n) is 15.0. The molecule has 0 amide bonds. The lowest BCUT2D eigenvalue weighted by Crippen LogP contribution is -2.10. The van der Waals surface area contributed by atoms with E-state index < -0.39 is 0 Å². The number of hydrogen-bond donors (Lipinski definition) is 0. The maximum Gasteiger partial charge on any atom is 0.235 e. The highest BCUT2D eigenvalue weighted by molar-refractivity contribution is 6.30. The molecule has 5 heteroatoms. The predicted molar refractivity (Wildman–Crippen MR) is 113 cm³/mol. The first-order chi connectivity index (χ1) is 13.5. The van der Waals surface area contributed by atoms with Gasteiger partial charge >= 0.3 is 0 Å². The van der Waals surface area contributed by atoms with Crippen molar-refractivity contribution >= 4 is 34.2 Å². The van der Waals surface area contributed by atoms with Crippen LogP contribution in [0, 0.1) is 6.92 Å². The van der Waals surface area contributed by atoms with Crippen molar-refractivity contribution in [3.8, 4) is 17.1 Å². The van der Waals surface area contributed by atoms with E-state index in [0.29, 0.717) is 26.8 Å². The predicted octanol–water partition coefficient (Wildman–Crippen LogP) is 6.65. The van der Waals surface area contributed by atoms with E-state index in [0.717, 1.165) is 16.7 Å². The molecule has 0 N–H and O–H groups in total. The van der Waals surface area contributed by atoms with Crippen molar-refractivity contribution < 1.29 is 9.15 Å². The van der Waals surface area contributed by atoms with Gasteiger partial charge in [-0.1, -0.05) is 47.0 Å². The van der Waals surface area contributed by atoms with Crippen molar-refractivity contribution in [1.29, 1.82) is 0 Å². The normalized spacial score (nSPS) is 11.0. The highest BCUT2D eigenvalue weighted by atomic mass is 35.5. The maximum atomic E-state index is 13.2. The molecule has 0 saturated carbocycles. The minimum Gasteiger partial charge on any atom is -0.481 e. The molecule has 4 aromatic rings. The third-order valence-corrected chi connectivity index (χ3v) is 4.91. The van der Waals surface area contributed by atoms with Crippen LogP contribution >= 0.6 is 23.2 Å². The van der Waals surface area contributed by atoms with Crippen LogP contribution in [0.2, 0.25) is 10.0 Å². The van der Waals surface area contributed by atoms with Gasteiger partial charge in [-0.05, 0) is 61.0 Å². The molecule has 0 bridgehead atoms. The van der Waals surface area contributed by atoms with Crippen molar-refractivity contribution in [2.75, 3.05) is 0 Å². The third kappa shape index (κ3) is 3.77. The Bertz CT molecular complexity index is 1190. The number of aryl methyl sites for hydroxylation is 1. The van der Waals surface area contributed by atoms with Crippen molar-refractivity contribution in [2.24, 2.45) is 0 Å². The van der Waals surface area contributed by atoms with Crippen LogP contribution in [0.15, 0.2) is 75.9 Å². The van der Waals surface area contributed by atoms with Gasteiger partial charge in [-0.25, -0.2) is 0 Å². The van der Waals surface area contributed by atoms with E-state index in [1.165, 1.54) is 0 Å². The van der Waals surface area contributed by atoms with Gasteiger partial charge in [0.25, 0.3) is 0 Å². The molecular weight excluding hydrogens is 395 g/mol. The number of hydrogen-bond acceptors (Lipinski definition) is 3. The Morgan fingerprint density at radius 3 is 2.21 bits per heavy atom. The summed E-state index contributed by atoms with van der Waals surface area (Å²) in [6, 6.07) is 19.9. The topological polar surface area (TPSA) is 39.4 Å². The molecule has 1 aromatic heterocycles. The van der Waals surface area contributed by atoms with E-state index in [1.54, 1.807) is 42.5 Å². The summed E-state index contributed by atoms with van der Waals surface area (Å²) < 4.78 is 12.0. The Morgan fingerprint density at radius 1 is 0.893 bits per heavy atom. The SMILES string of the molecule is Cc1ccc2oc(-c3ccc(Cl)cc3)c(OCc3ccc(Cl)cc3)c(=O)c2c1. The molecule has 4 rings (SSSR count). The second kappa shape index (κ2) is 7.70. The van der Waals surface area contributed by atoms with E-state index in [9.17, 15) is 4.79 Å². The van der Waals surface area contributed by atoms with Gasteiger partial charge in [0, 0.05) is 15.6 Å². The Balaban J connectivity index is 1.84. The van der Waals surface area contributed by atoms with Crippen LogP contribution in [0.3, 0.4) is 0 Å². The average Bonchev–Trinajstić information content (AvgIpc) is 2.69. The molecule has 0 unspecified atom stereocenters. The smallest absolute Gasteiger partial charge is 0.235 e. The number of ether oxygens (including phenoxy) is 1. The first-order valence-electron chi connectivity index (χ1n) is 8.72. The summed E-state index contributed by atoms with van der Waals surface area (Å²) in [7, 11) is 0. The maximum absolute atomic E-state index is 13.2. The van der Waals surface area contributed by atoms with Crippen LogP contribution in [0.1, 0.15) is 11.1 Å². The first kappa shape index (κ1) is 18.6. The second-order valence-electron chi connectivity index (χ2n) is 6.51. The van der Waals surface area contributed by atoms with Gasteiger partial charge in [-0.2, -0.15) is 0 Å². The van der Waals surface area contributed by atoms with Gasteiger partial charge in [0.15, 0.2) is 5.76 Å². The van der Waals surface area contributed by atoms with E-state index in [-0.39, 0.29) is 17.8 Å². The second-order valence-corrected chi connectivity index (χ2v) is 7.38. The summed E-state index contributed by atoms with van der Waals surface area (Å²) >= 11 is 11.9. The molecule has 0 aliphatic heterocycles. The minimum absolute atomic E-state index is 0.176. The van der Waals surface area contributed by atoms with Crippen LogP contribution in [0.4, 0.5) is 0 Å². The molecule has 0 radical (unpaired) electrons. The number of benzene rings is 3. The minimum atomic E-state index is -0.205. The van der Waals surface area contributed by atoms with Crippen molar-refractivity contribution in [3.05, 3.63) is 98.1 Å². The molecule has 1 heterocycles. The Labute approximate surface area is 172 Å². The summed E-state index contributed by atoms with van der Waals surface area (Å²) in [5.41, 5.74) is 2.90. The average molecular weight is 411 g/mol. The molecule has 0 aliphatic rings. The lowest BCUT2D eigenvalue weighted by atomic mass is 10.1. The fraction of sp³-hybridized carbons (Fsp3) is 0.0870. The van der Waals surface area contributed by atoms with E-state index >= 15 is 0 Å². The van der Waals surface area contributed by atoms with Gasteiger partial charge in [-0.3, -0.25) is 4.79 Å². The van der Waals surface area contributed by atoms with Gasteiger partial charge in [0.2, 0.25) is 11.2 Å². The highest BCUT2D eigenvalue weighted by Gasteiger charge is 2.18. The summed E-state index contributed by atoms with van der Waals surface area (Å²) in [5.74, 6) is 0.558. The van der Waals surface area contributed by atoms with Crippen LogP contribution in [-0.4, -0.2) is 0 Å². The van der Waals surface area contributed by atoms with E-state index in [2.05, 4.69) is 0 Å². The quantitative estimate of drug-likeness (QED) is 0.377. The van der Waals surface area contributed by atoms with Crippen LogP contribution in [-0.2, 0) is 6.61 Å². The number of fused-ring (bicyclic) bond motifs is 1. The molecule has 0 spiro atoms. The Hall–Kier alpha value is -2.75. The number of rotatable bonds is 4. The Kier molecular flexibility index (Phi) is 5.12. The molecule has 0 atom stereocenters. The van der Waals surface area contributed by atoms with Crippen molar-refractivity contribution in [3.63, 3.8) is 0 Å². The summed E-state index contributed by atoms with van der Waals surface area (Å²) in [6.07, 6.45) is 0. The van der Waals surface area contributed by atoms with Crippen molar-refractivity contribution in [1.82, 2.24) is 0 Å². The summed E-state index contributed by atoms with van der Waals surface area (Å²) in [5, 5.41) is 1.74. The van der Waals surface area contributed by atoms with Gasteiger partial charge in [0.1, 0.15) is 12.2 Å². The van der Waals surface area contributed by atoms with E-state index in [1.807, 2.05) is 31.2 Å². The standard InChI is InChI=1S/C23H16Cl2O3/c1-14-2-11-20-19(12-14)21(26)23(27-13-15-3-7-17(24)8-4-15)22(28-20)16-5-9-18(25)10-6-16/h2-12H,13H2,1H3. The number of halogens is 2. The molecule has 0 saturated heterocycles. The zero-order chi connectivity index (χ0) is 19.7. The molecule has 3 nitrogen and oxygen atoms in total. The van der Waals surface area contributed by atoms with Crippen molar-refractivity contribution in [2.45, 2.75) is 13.5 Å². The zero-order valence-corrected chi connectivity index (χ0v) is 16.6. The first-order valence-corrected chi connectivity index (χ1v) is 9.47. The van der Waals surface area contributed by atoms with Crippen LogP contribution < -0.4 is 10.2 Å². The fourth-order valence-corrected chi connectivity index (χ4v) is 3.20. The van der Waals surface area contributed by atoms with Crippen LogP contribution in [0.5, 0.6) is 5.75 Å². The molecule has 0 aliphatic carbocycles. The monoisotopic (exact) mass is 410 g/mol. The summed E-state index contributed by atoms with van der Waals surface area (Å²) in [6.45, 7) is 2.15.